The molecular weight excluding hydrogens is 312 g/mol. The van der Waals surface area contributed by atoms with E-state index >= 15 is 0 Å². The van der Waals surface area contributed by atoms with Crippen LogP contribution < -0.4 is 0 Å². The first-order chi connectivity index (χ1) is 12.1. The lowest BCUT2D eigenvalue weighted by Crippen LogP contribution is -2.52. The van der Waals surface area contributed by atoms with Crippen LogP contribution in [0.3, 0.4) is 0 Å². The van der Waals surface area contributed by atoms with Gasteiger partial charge in [0.1, 0.15) is 0 Å². The lowest BCUT2D eigenvalue weighted by molar-refractivity contribution is 0.0499. The molecule has 1 saturated heterocycles. The highest BCUT2D eigenvalue weighted by atomic mass is 16.3. The van der Waals surface area contributed by atoms with Crippen LogP contribution in [0, 0.1) is 13.8 Å². The second-order valence-electron chi connectivity index (χ2n) is 6.98. The maximum Gasteiger partial charge on any atom is 0.0446 e. The van der Waals surface area contributed by atoms with Gasteiger partial charge < -0.3 is 5.11 Å². The van der Waals surface area contributed by atoms with E-state index in [1.807, 2.05) is 26.2 Å². The quantitative estimate of drug-likeness (QED) is 0.873. The van der Waals surface area contributed by atoms with Gasteiger partial charge >= 0.3 is 0 Å². The molecule has 1 aliphatic heterocycles. The zero-order chi connectivity index (χ0) is 17.6. The number of hydrogen-bond donors (Lipinski definition) is 1. The van der Waals surface area contributed by atoms with E-state index in [2.05, 4.69) is 44.0 Å². The first-order valence-electron chi connectivity index (χ1n) is 9.04. The van der Waals surface area contributed by atoms with Crippen molar-refractivity contribution in [3.8, 4) is 0 Å². The number of hydrogen-bond acceptors (Lipinski definition) is 5. The summed E-state index contributed by atoms with van der Waals surface area (Å²) in [4.78, 5) is 13.5. The third kappa shape index (κ3) is 5.08. The van der Waals surface area contributed by atoms with Crippen molar-refractivity contribution in [2.45, 2.75) is 39.4 Å². The molecule has 0 spiro atoms. The SMILES string of the molecule is Cc1cc(CN2CCN(Cc3ccnc(C)c3)C(CCO)C2)ccn1. The number of aliphatic hydroxyl groups is 1. The highest BCUT2D eigenvalue weighted by molar-refractivity contribution is 5.17. The summed E-state index contributed by atoms with van der Waals surface area (Å²) in [5.74, 6) is 0. The number of piperazine rings is 1. The molecule has 0 radical (unpaired) electrons. The third-order valence-corrected chi connectivity index (χ3v) is 4.87. The normalized spacial score (nSPS) is 19.2. The van der Waals surface area contributed by atoms with Gasteiger partial charge in [-0.15, -0.1) is 0 Å². The predicted octanol–water partition coefficient (Wildman–Crippen LogP) is 2.16. The van der Waals surface area contributed by atoms with Crippen molar-refractivity contribution in [3.63, 3.8) is 0 Å². The molecule has 0 aliphatic carbocycles. The van der Waals surface area contributed by atoms with Gasteiger partial charge in [0.2, 0.25) is 0 Å². The Bertz CT molecular complexity index is 691. The maximum atomic E-state index is 9.50. The number of rotatable bonds is 6. The van der Waals surface area contributed by atoms with Gasteiger partial charge in [-0.05, 0) is 55.7 Å². The van der Waals surface area contributed by atoms with Crippen LogP contribution in [0.1, 0.15) is 28.9 Å². The molecule has 2 aromatic heterocycles. The number of aromatic nitrogens is 2. The highest BCUT2D eigenvalue weighted by Gasteiger charge is 2.26. The van der Waals surface area contributed by atoms with Gasteiger partial charge in [0.25, 0.3) is 0 Å². The predicted molar refractivity (Wildman–Crippen MR) is 99.1 cm³/mol. The Hall–Kier alpha value is -1.82. The monoisotopic (exact) mass is 340 g/mol. The maximum absolute atomic E-state index is 9.50. The van der Waals surface area contributed by atoms with Crippen molar-refractivity contribution in [1.29, 1.82) is 0 Å². The van der Waals surface area contributed by atoms with Gasteiger partial charge in [-0.1, -0.05) is 0 Å². The summed E-state index contributed by atoms with van der Waals surface area (Å²) in [6.45, 7) is 9.24. The second-order valence-corrected chi connectivity index (χ2v) is 6.98. The highest BCUT2D eigenvalue weighted by Crippen LogP contribution is 2.18. The minimum Gasteiger partial charge on any atom is -0.396 e. The van der Waals surface area contributed by atoms with Crippen molar-refractivity contribution in [2.75, 3.05) is 26.2 Å². The second kappa shape index (κ2) is 8.52. The summed E-state index contributed by atoms with van der Waals surface area (Å²) in [5.41, 5.74) is 4.74. The summed E-state index contributed by atoms with van der Waals surface area (Å²) < 4.78 is 0. The number of pyridine rings is 2. The number of aryl methyl sites for hydroxylation is 2. The molecule has 3 heterocycles. The van der Waals surface area contributed by atoms with E-state index in [1.165, 1.54) is 11.1 Å². The zero-order valence-electron chi connectivity index (χ0n) is 15.2. The van der Waals surface area contributed by atoms with Crippen LogP contribution in [0.15, 0.2) is 36.7 Å². The van der Waals surface area contributed by atoms with Crippen LogP contribution in [0.4, 0.5) is 0 Å². The topological polar surface area (TPSA) is 52.5 Å². The van der Waals surface area contributed by atoms with E-state index in [0.29, 0.717) is 6.04 Å². The Morgan fingerprint density at radius 1 is 1.00 bits per heavy atom. The molecule has 5 nitrogen and oxygen atoms in total. The first-order valence-corrected chi connectivity index (χ1v) is 9.04. The van der Waals surface area contributed by atoms with E-state index < -0.39 is 0 Å². The van der Waals surface area contributed by atoms with Crippen LogP contribution in [-0.2, 0) is 13.1 Å². The number of aliphatic hydroxyl groups excluding tert-OH is 1. The average Bonchev–Trinajstić information content (AvgIpc) is 2.58. The Balaban J connectivity index is 1.63. The minimum atomic E-state index is 0.235. The van der Waals surface area contributed by atoms with E-state index in [4.69, 9.17) is 0 Å². The summed E-state index contributed by atoms with van der Waals surface area (Å²) in [6, 6.07) is 8.89. The molecule has 0 aromatic carbocycles. The Morgan fingerprint density at radius 3 is 2.24 bits per heavy atom. The van der Waals surface area contributed by atoms with Crippen molar-refractivity contribution in [3.05, 3.63) is 59.2 Å². The molecule has 1 unspecified atom stereocenters. The van der Waals surface area contributed by atoms with Gasteiger partial charge in [0, 0.05) is 69.2 Å². The van der Waals surface area contributed by atoms with Gasteiger partial charge in [-0.25, -0.2) is 0 Å². The summed E-state index contributed by atoms with van der Waals surface area (Å²) >= 11 is 0. The van der Waals surface area contributed by atoms with Crippen molar-refractivity contribution >= 4 is 0 Å². The molecule has 1 fully saturated rings. The van der Waals surface area contributed by atoms with Crippen LogP contribution in [0.5, 0.6) is 0 Å². The van der Waals surface area contributed by atoms with Crippen LogP contribution in [0.2, 0.25) is 0 Å². The molecule has 5 heteroatoms. The molecule has 1 N–H and O–H groups in total. The first kappa shape index (κ1) is 18.0. The molecule has 134 valence electrons. The van der Waals surface area contributed by atoms with Crippen molar-refractivity contribution < 1.29 is 5.11 Å². The largest absolute Gasteiger partial charge is 0.396 e. The smallest absolute Gasteiger partial charge is 0.0446 e. The van der Waals surface area contributed by atoms with Crippen LogP contribution in [-0.4, -0.2) is 57.2 Å². The lowest BCUT2D eigenvalue weighted by atomic mass is 10.1. The molecule has 3 rings (SSSR count). The number of nitrogens with zero attached hydrogens (tertiary/aromatic N) is 4. The zero-order valence-corrected chi connectivity index (χ0v) is 15.2. The summed E-state index contributed by atoms with van der Waals surface area (Å²) in [7, 11) is 0. The van der Waals surface area contributed by atoms with E-state index in [-0.39, 0.29) is 6.61 Å². The van der Waals surface area contributed by atoms with E-state index in [9.17, 15) is 5.11 Å². The molecule has 25 heavy (non-hydrogen) atoms. The van der Waals surface area contributed by atoms with Gasteiger partial charge in [0.05, 0.1) is 0 Å². The molecule has 0 saturated carbocycles. The average molecular weight is 340 g/mol. The standard InChI is InChI=1S/C20H28N4O/c1-16-11-18(3-6-21-16)13-23-8-9-24(20(15-23)5-10-25)14-19-4-7-22-17(2)12-19/h3-4,6-7,11-12,20,25H,5,8-10,13-15H2,1-2H3. The third-order valence-electron chi connectivity index (χ3n) is 4.87. The summed E-state index contributed by atoms with van der Waals surface area (Å²) in [5, 5.41) is 9.50. The Morgan fingerprint density at radius 2 is 1.64 bits per heavy atom. The van der Waals surface area contributed by atoms with Crippen molar-refractivity contribution in [1.82, 2.24) is 19.8 Å². The minimum absolute atomic E-state index is 0.235. The molecule has 2 aromatic rings. The fraction of sp³-hybridized carbons (Fsp3) is 0.500. The van der Waals surface area contributed by atoms with Crippen LogP contribution >= 0.6 is 0 Å². The van der Waals surface area contributed by atoms with Crippen LogP contribution in [0.25, 0.3) is 0 Å². The molecule has 0 amide bonds. The van der Waals surface area contributed by atoms with Gasteiger partial charge in [-0.2, -0.15) is 0 Å². The summed E-state index contributed by atoms with van der Waals surface area (Å²) in [6.07, 6.45) is 4.58. The fourth-order valence-electron chi connectivity index (χ4n) is 3.63. The molecule has 1 atom stereocenters. The van der Waals surface area contributed by atoms with Crippen molar-refractivity contribution in [2.24, 2.45) is 0 Å². The fourth-order valence-corrected chi connectivity index (χ4v) is 3.63. The van der Waals surface area contributed by atoms with E-state index in [1.54, 1.807) is 0 Å². The lowest BCUT2D eigenvalue weighted by Gasteiger charge is -2.41. The van der Waals surface area contributed by atoms with Gasteiger partial charge in [0.15, 0.2) is 0 Å². The molecule has 0 bridgehead atoms. The Kier molecular flexibility index (Phi) is 6.13. The molecule has 1 aliphatic rings. The van der Waals surface area contributed by atoms with Gasteiger partial charge in [-0.3, -0.25) is 19.8 Å². The van der Waals surface area contributed by atoms with E-state index in [0.717, 1.165) is 50.5 Å². The Labute approximate surface area is 150 Å². The molecular formula is C20H28N4O.